The van der Waals surface area contributed by atoms with Crippen molar-refractivity contribution < 1.29 is 22.7 Å². The van der Waals surface area contributed by atoms with Crippen LogP contribution in [0.25, 0.3) is 0 Å². The molecule has 0 saturated carbocycles. The molecular formula is C14H25F3O2S. The van der Waals surface area contributed by atoms with E-state index in [2.05, 4.69) is 0 Å². The van der Waals surface area contributed by atoms with E-state index in [1.54, 1.807) is 11.8 Å². The molecule has 0 heterocycles. The van der Waals surface area contributed by atoms with Crippen LogP contribution in [0.4, 0.5) is 13.2 Å². The second-order valence-electron chi connectivity index (χ2n) is 4.76. The van der Waals surface area contributed by atoms with E-state index in [1.165, 1.54) is 0 Å². The molecule has 0 aliphatic rings. The van der Waals surface area contributed by atoms with Gasteiger partial charge in [0.05, 0.1) is 0 Å². The van der Waals surface area contributed by atoms with E-state index in [0.29, 0.717) is 19.4 Å². The molecule has 0 saturated heterocycles. The monoisotopic (exact) mass is 314 g/mol. The van der Waals surface area contributed by atoms with Gasteiger partial charge in [0.15, 0.2) is 0 Å². The van der Waals surface area contributed by atoms with E-state index in [-0.39, 0.29) is 17.6 Å². The first-order chi connectivity index (χ1) is 9.39. The van der Waals surface area contributed by atoms with Crippen molar-refractivity contribution in [3.05, 3.63) is 0 Å². The summed E-state index contributed by atoms with van der Waals surface area (Å²) < 4.78 is 40.9. The van der Waals surface area contributed by atoms with Crippen molar-refractivity contribution in [2.24, 2.45) is 0 Å². The van der Waals surface area contributed by atoms with Crippen molar-refractivity contribution in [2.45, 2.75) is 70.2 Å². The molecule has 120 valence electrons. The number of unbranched alkanes of at least 4 members (excludes halogenated alkanes) is 2. The Balaban J connectivity index is 3.57. The molecule has 0 fully saturated rings. The van der Waals surface area contributed by atoms with E-state index in [9.17, 15) is 18.0 Å². The van der Waals surface area contributed by atoms with E-state index in [1.807, 2.05) is 13.8 Å². The second kappa shape index (κ2) is 11.3. The summed E-state index contributed by atoms with van der Waals surface area (Å²) in [6.07, 6.45) is -1.03. The molecule has 0 aromatic heterocycles. The first-order valence-corrected chi connectivity index (χ1v) is 8.27. The quantitative estimate of drug-likeness (QED) is 0.398. The SMILES string of the molecule is CCCC(=O)OCC(CC)SCCCCCC(F)(F)F. The normalized spacial score (nSPS) is 13.2. The highest BCUT2D eigenvalue weighted by Gasteiger charge is 2.25. The minimum atomic E-state index is -4.04. The van der Waals surface area contributed by atoms with Crippen molar-refractivity contribution in [3.63, 3.8) is 0 Å². The Morgan fingerprint density at radius 3 is 2.45 bits per heavy atom. The Bertz CT molecular complexity index is 257. The van der Waals surface area contributed by atoms with E-state index >= 15 is 0 Å². The van der Waals surface area contributed by atoms with Gasteiger partial charge in [-0.15, -0.1) is 0 Å². The van der Waals surface area contributed by atoms with Gasteiger partial charge in [-0.2, -0.15) is 24.9 Å². The molecule has 0 N–H and O–H groups in total. The van der Waals surface area contributed by atoms with Gasteiger partial charge in [0.2, 0.25) is 0 Å². The summed E-state index contributed by atoms with van der Waals surface area (Å²) in [5, 5.41) is 0.249. The Hall–Kier alpha value is -0.390. The van der Waals surface area contributed by atoms with Gasteiger partial charge in [0.25, 0.3) is 0 Å². The van der Waals surface area contributed by atoms with Crippen molar-refractivity contribution in [1.29, 1.82) is 0 Å². The maximum atomic E-state index is 11.9. The van der Waals surface area contributed by atoms with Gasteiger partial charge in [-0.1, -0.05) is 20.3 Å². The van der Waals surface area contributed by atoms with Crippen LogP contribution in [0.15, 0.2) is 0 Å². The van der Waals surface area contributed by atoms with Crippen LogP contribution in [0.3, 0.4) is 0 Å². The van der Waals surface area contributed by atoms with Crippen LogP contribution in [0.2, 0.25) is 0 Å². The van der Waals surface area contributed by atoms with Gasteiger partial charge in [-0.25, -0.2) is 0 Å². The highest BCUT2D eigenvalue weighted by Crippen LogP contribution is 2.23. The standard InChI is InChI=1S/C14H25F3O2S/c1-3-8-13(18)19-11-12(4-2)20-10-7-5-6-9-14(15,16)17/h12H,3-11H2,1-2H3. The summed E-state index contributed by atoms with van der Waals surface area (Å²) in [6.45, 7) is 4.35. The molecule has 0 spiro atoms. The average Bonchev–Trinajstić information content (AvgIpc) is 2.36. The highest BCUT2D eigenvalue weighted by atomic mass is 32.2. The van der Waals surface area contributed by atoms with Gasteiger partial charge in [-0.05, 0) is 31.4 Å². The number of rotatable bonds is 11. The third-order valence-electron chi connectivity index (χ3n) is 2.80. The lowest BCUT2D eigenvalue weighted by Gasteiger charge is -2.14. The molecule has 0 aromatic rings. The predicted octanol–water partition coefficient (Wildman–Crippen LogP) is 4.96. The number of thioether (sulfide) groups is 1. The first kappa shape index (κ1) is 19.6. The van der Waals surface area contributed by atoms with Gasteiger partial charge < -0.3 is 4.74 Å². The molecule has 0 aliphatic carbocycles. The molecule has 1 unspecified atom stereocenters. The fourth-order valence-corrected chi connectivity index (χ4v) is 2.70. The van der Waals surface area contributed by atoms with Crippen molar-refractivity contribution >= 4 is 17.7 Å². The lowest BCUT2D eigenvalue weighted by Crippen LogP contribution is -2.15. The molecule has 2 nitrogen and oxygen atoms in total. The molecule has 1 atom stereocenters. The van der Waals surface area contributed by atoms with Crippen LogP contribution in [0, 0.1) is 0 Å². The smallest absolute Gasteiger partial charge is 0.389 e. The van der Waals surface area contributed by atoms with Gasteiger partial charge in [0.1, 0.15) is 6.61 Å². The molecule has 6 heteroatoms. The number of hydrogen-bond acceptors (Lipinski definition) is 3. The Morgan fingerprint density at radius 2 is 1.90 bits per heavy atom. The number of carbonyl (C=O) groups is 1. The number of ether oxygens (including phenoxy) is 1. The number of alkyl halides is 3. The van der Waals surface area contributed by atoms with Crippen molar-refractivity contribution in [1.82, 2.24) is 0 Å². The minimum absolute atomic E-state index is 0.170. The molecule has 0 amide bonds. The fraction of sp³-hybridized carbons (Fsp3) is 0.929. The molecule has 20 heavy (non-hydrogen) atoms. The van der Waals surface area contributed by atoms with E-state index in [0.717, 1.165) is 25.0 Å². The van der Waals surface area contributed by atoms with Gasteiger partial charge >= 0.3 is 12.1 Å². The summed E-state index contributed by atoms with van der Waals surface area (Å²) in [6, 6.07) is 0. The maximum Gasteiger partial charge on any atom is 0.389 e. The highest BCUT2D eigenvalue weighted by molar-refractivity contribution is 7.99. The Labute approximate surface area is 123 Å². The van der Waals surface area contributed by atoms with Crippen LogP contribution < -0.4 is 0 Å². The first-order valence-electron chi connectivity index (χ1n) is 7.23. The van der Waals surface area contributed by atoms with Crippen LogP contribution in [-0.4, -0.2) is 29.8 Å². The van der Waals surface area contributed by atoms with Crippen molar-refractivity contribution in [3.8, 4) is 0 Å². The van der Waals surface area contributed by atoms with E-state index < -0.39 is 12.6 Å². The molecule has 0 aliphatic heterocycles. The zero-order valence-electron chi connectivity index (χ0n) is 12.3. The predicted molar refractivity (Wildman–Crippen MR) is 76.9 cm³/mol. The summed E-state index contributed by atoms with van der Waals surface area (Å²) in [4.78, 5) is 11.2. The molecular weight excluding hydrogens is 289 g/mol. The zero-order valence-corrected chi connectivity index (χ0v) is 13.1. The molecule has 0 bridgehead atoms. The number of halogens is 3. The van der Waals surface area contributed by atoms with E-state index in [4.69, 9.17) is 4.74 Å². The number of esters is 1. The third kappa shape index (κ3) is 12.6. The lowest BCUT2D eigenvalue weighted by atomic mass is 10.2. The van der Waals surface area contributed by atoms with Gasteiger partial charge in [0, 0.05) is 18.1 Å². The average molecular weight is 314 g/mol. The minimum Gasteiger partial charge on any atom is -0.464 e. The van der Waals surface area contributed by atoms with Crippen molar-refractivity contribution in [2.75, 3.05) is 12.4 Å². The Morgan fingerprint density at radius 1 is 1.20 bits per heavy atom. The summed E-state index contributed by atoms with van der Waals surface area (Å²) in [5.41, 5.74) is 0. The summed E-state index contributed by atoms with van der Waals surface area (Å²) >= 11 is 1.68. The van der Waals surface area contributed by atoms with Gasteiger partial charge in [-0.3, -0.25) is 4.79 Å². The third-order valence-corrected chi connectivity index (χ3v) is 4.26. The maximum absolute atomic E-state index is 11.9. The zero-order chi connectivity index (χ0) is 15.4. The fourth-order valence-electron chi connectivity index (χ4n) is 1.60. The summed E-state index contributed by atoms with van der Waals surface area (Å²) in [5.74, 6) is 0.651. The van der Waals surface area contributed by atoms with Crippen LogP contribution in [-0.2, 0) is 9.53 Å². The largest absolute Gasteiger partial charge is 0.464 e. The number of carbonyl (C=O) groups excluding carboxylic acids is 1. The molecule has 0 aromatic carbocycles. The Kier molecular flexibility index (Phi) is 11.1. The molecule has 0 radical (unpaired) electrons. The second-order valence-corrected chi connectivity index (χ2v) is 6.17. The van der Waals surface area contributed by atoms with Crippen LogP contribution >= 0.6 is 11.8 Å². The topological polar surface area (TPSA) is 26.3 Å². The molecule has 0 rings (SSSR count). The van der Waals surface area contributed by atoms with Crippen LogP contribution in [0.5, 0.6) is 0 Å². The number of hydrogen-bond donors (Lipinski definition) is 0. The lowest BCUT2D eigenvalue weighted by molar-refractivity contribution is -0.143. The summed E-state index contributed by atoms with van der Waals surface area (Å²) in [7, 11) is 0. The van der Waals surface area contributed by atoms with Crippen LogP contribution in [0.1, 0.15) is 58.8 Å².